The van der Waals surface area contributed by atoms with Gasteiger partial charge in [0.05, 0.1) is 4.90 Å². The summed E-state index contributed by atoms with van der Waals surface area (Å²) in [5.74, 6) is -0.384. The van der Waals surface area contributed by atoms with Gasteiger partial charge in [0.2, 0.25) is 15.9 Å². The van der Waals surface area contributed by atoms with Gasteiger partial charge in [0.15, 0.2) is 0 Å². The third-order valence-corrected chi connectivity index (χ3v) is 5.08. The summed E-state index contributed by atoms with van der Waals surface area (Å²) in [7, 11) is -0.254. The molecule has 0 spiro atoms. The van der Waals surface area contributed by atoms with Crippen LogP contribution in [0, 0.1) is 12.8 Å². The number of amides is 1. The molecule has 7 heteroatoms. The van der Waals surface area contributed by atoms with Gasteiger partial charge in [-0.05, 0) is 32.0 Å². The number of nitrogens with one attached hydrogen (secondary N) is 2. The fourth-order valence-corrected chi connectivity index (χ4v) is 3.39. The third-order valence-electron chi connectivity index (χ3n) is 3.62. The van der Waals surface area contributed by atoms with E-state index in [0.29, 0.717) is 13.1 Å². The quantitative estimate of drug-likeness (QED) is 0.739. The Kier molecular flexibility index (Phi) is 7.18. The van der Waals surface area contributed by atoms with Crippen LogP contribution in [0.4, 0.5) is 0 Å². The second-order valence-corrected chi connectivity index (χ2v) is 7.73. The lowest BCUT2D eigenvalue weighted by atomic mass is 10.0. The molecule has 0 aliphatic heterocycles. The molecule has 0 bridgehead atoms. The van der Waals surface area contributed by atoms with Gasteiger partial charge >= 0.3 is 0 Å². The van der Waals surface area contributed by atoms with Crippen molar-refractivity contribution in [3.63, 3.8) is 0 Å². The zero-order valence-corrected chi connectivity index (χ0v) is 15.3. The summed E-state index contributed by atoms with van der Waals surface area (Å²) in [5, 5.41) is 2.97. The van der Waals surface area contributed by atoms with E-state index in [9.17, 15) is 13.2 Å². The summed E-state index contributed by atoms with van der Waals surface area (Å²) in [6, 6.07) is 5.77. The molecule has 0 fully saturated rings. The number of nitrogens with zero attached hydrogens (tertiary/aromatic N) is 1. The van der Waals surface area contributed by atoms with E-state index >= 15 is 0 Å². The van der Waals surface area contributed by atoms with Gasteiger partial charge in [-0.15, -0.1) is 0 Å². The molecule has 0 saturated heterocycles. The van der Waals surface area contributed by atoms with Gasteiger partial charge < -0.3 is 10.2 Å². The number of carbonyl (C=O) groups is 1. The Morgan fingerprint density at radius 1 is 1.22 bits per heavy atom. The molecule has 6 nitrogen and oxygen atoms in total. The van der Waals surface area contributed by atoms with Gasteiger partial charge in [0.1, 0.15) is 6.04 Å². The van der Waals surface area contributed by atoms with Crippen LogP contribution >= 0.6 is 0 Å². The zero-order chi connectivity index (χ0) is 17.6. The van der Waals surface area contributed by atoms with E-state index in [1.807, 2.05) is 20.8 Å². The molecule has 0 radical (unpaired) electrons. The summed E-state index contributed by atoms with van der Waals surface area (Å²) in [5.41, 5.74) is 0.979. The number of likely N-dealkylation sites (N-methyl/N-ethyl adjacent to an activating group) is 2. The SMILES string of the molecule is CNCCN(C)C(=O)C(NS(=O)(=O)c1ccc(C)cc1)C(C)C. The van der Waals surface area contributed by atoms with E-state index in [4.69, 9.17) is 0 Å². The maximum absolute atomic E-state index is 12.5. The van der Waals surface area contributed by atoms with Crippen molar-refractivity contribution in [1.29, 1.82) is 0 Å². The second-order valence-electron chi connectivity index (χ2n) is 6.02. The maximum Gasteiger partial charge on any atom is 0.241 e. The normalized spacial score (nSPS) is 13.1. The molecule has 1 unspecified atom stereocenters. The number of benzene rings is 1. The monoisotopic (exact) mass is 341 g/mol. The first-order valence-electron chi connectivity index (χ1n) is 7.67. The van der Waals surface area contributed by atoms with Crippen molar-refractivity contribution in [1.82, 2.24) is 14.9 Å². The second kappa shape index (κ2) is 8.42. The molecule has 1 atom stereocenters. The predicted octanol–water partition coefficient (Wildman–Crippen LogP) is 0.976. The van der Waals surface area contributed by atoms with Crippen molar-refractivity contribution in [3.05, 3.63) is 29.8 Å². The van der Waals surface area contributed by atoms with Crippen LogP contribution in [-0.4, -0.2) is 52.5 Å². The number of hydrogen-bond donors (Lipinski definition) is 2. The van der Waals surface area contributed by atoms with Crippen LogP contribution in [0.3, 0.4) is 0 Å². The Bertz CT molecular complexity index is 612. The molecular weight excluding hydrogens is 314 g/mol. The fraction of sp³-hybridized carbons (Fsp3) is 0.562. The smallest absolute Gasteiger partial charge is 0.241 e. The van der Waals surface area contributed by atoms with Gasteiger partial charge in [0, 0.05) is 20.1 Å². The van der Waals surface area contributed by atoms with Gasteiger partial charge in [-0.3, -0.25) is 4.79 Å². The standard InChI is InChI=1S/C16H27N3O3S/c1-12(2)15(16(20)19(5)11-10-17-4)18-23(21,22)14-8-6-13(3)7-9-14/h6-9,12,15,17-18H,10-11H2,1-5H3. The molecule has 23 heavy (non-hydrogen) atoms. The van der Waals surface area contributed by atoms with Crippen LogP contribution < -0.4 is 10.0 Å². The minimum absolute atomic E-state index is 0.153. The molecule has 2 N–H and O–H groups in total. The Balaban J connectivity index is 2.94. The van der Waals surface area contributed by atoms with Gasteiger partial charge in [0.25, 0.3) is 0 Å². The molecule has 0 aliphatic carbocycles. The van der Waals surface area contributed by atoms with Crippen LogP contribution in [0.2, 0.25) is 0 Å². The van der Waals surface area contributed by atoms with Crippen molar-refractivity contribution < 1.29 is 13.2 Å². The first kappa shape index (κ1) is 19.6. The van der Waals surface area contributed by atoms with E-state index in [1.54, 1.807) is 43.3 Å². The number of sulfonamides is 1. The highest BCUT2D eigenvalue weighted by atomic mass is 32.2. The largest absolute Gasteiger partial charge is 0.343 e. The lowest BCUT2D eigenvalue weighted by Crippen LogP contribution is -2.51. The summed E-state index contributed by atoms with van der Waals surface area (Å²) >= 11 is 0. The highest BCUT2D eigenvalue weighted by Crippen LogP contribution is 2.14. The maximum atomic E-state index is 12.5. The number of rotatable bonds is 8. The number of aryl methyl sites for hydroxylation is 1. The third kappa shape index (κ3) is 5.60. The van der Waals surface area contributed by atoms with Crippen molar-refractivity contribution in [2.75, 3.05) is 27.2 Å². The van der Waals surface area contributed by atoms with Gasteiger partial charge in [-0.25, -0.2) is 8.42 Å². The van der Waals surface area contributed by atoms with Crippen LogP contribution in [0.5, 0.6) is 0 Å². The lowest BCUT2D eigenvalue weighted by Gasteiger charge is -2.27. The number of carbonyl (C=O) groups excluding carboxylic acids is 1. The fourth-order valence-electron chi connectivity index (χ4n) is 2.05. The average Bonchev–Trinajstić information content (AvgIpc) is 2.49. The first-order valence-corrected chi connectivity index (χ1v) is 9.16. The molecule has 1 rings (SSSR count). The van der Waals surface area contributed by atoms with Crippen LogP contribution in [0.25, 0.3) is 0 Å². The first-order chi connectivity index (χ1) is 10.7. The van der Waals surface area contributed by atoms with E-state index in [0.717, 1.165) is 5.56 Å². The molecule has 0 saturated carbocycles. The molecule has 130 valence electrons. The Morgan fingerprint density at radius 2 is 1.78 bits per heavy atom. The summed E-state index contributed by atoms with van der Waals surface area (Å²) in [6.45, 7) is 6.71. The summed E-state index contributed by atoms with van der Waals surface area (Å²) in [6.07, 6.45) is 0. The molecule has 1 amide bonds. The van der Waals surface area contributed by atoms with Gasteiger partial charge in [-0.2, -0.15) is 4.72 Å². The topological polar surface area (TPSA) is 78.5 Å². The van der Waals surface area contributed by atoms with E-state index in [-0.39, 0.29) is 16.7 Å². The number of hydrogen-bond acceptors (Lipinski definition) is 4. The van der Waals surface area contributed by atoms with Crippen LogP contribution in [-0.2, 0) is 14.8 Å². The highest BCUT2D eigenvalue weighted by molar-refractivity contribution is 7.89. The van der Waals surface area contributed by atoms with Gasteiger partial charge in [-0.1, -0.05) is 31.5 Å². The minimum Gasteiger partial charge on any atom is -0.343 e. The Hall–Kier alpha value is -1.44. The molecule has 0 aliphatic rings. The van der Waals surface area contributed by atoms with Crippen molar-refractivity contribution >= 4 is 15.9 Å². The van der Waals surface area contributed by atoms with Crippen molar-refractivity contribution in [2.45, 2.75) is 31.7 Å². The van der Waals surface area contributed by atoms with E-state index in [1.165, 1.54) is 0 Å². The molecular formula is C16H27N3O3S. The van der Waals surface area contributed by atoms with Crippen molar-refractivity contribution in [2.24, 2.45) is 5.92 Å². The Labute approximate surface area is 139 Å². The lowest BCUT2D eigenvalue weighted by molar-refractivity contribution is -0.132. The molecule has 1 aromatic carbocycles. The predicted molar refractivity (Wildman–Crippen MR) is 91.7 cm³/mol. The van der Waals surface area contributed by atoms with Crippen LogP contribution in [0.15, 0.2) is 29.2 Å². The van der Waals surface area contributed by atoms with E-state index < -0.39 is 16.1 Å². The van der Waals surface area contributed by atoms with E-state index in [2.05, 4.69) is 10.0 Å². The molecule has 0 aromatic heterocycles. The molecule has 1 aromatic rings. The zero-order valence-electron chi connectivity index (χ0n) is 14.5. The highest BCUT2D eigenvalue weighted by Gasteiger charge is 2.30. The van der Waals surface area contributed by atoms with Crippen molar-refractivity contribution in [3.8, 4) is 0 Å². The molecule has 0 heterocycles. The average molecular weight is 341 g/mol. The Morgan fingerprint density at radius 3 is 2.26 bits per heavy atom. The van der Waals surface area contributed by atoms with Crippen LogP contribution in [0.1, 0.15) is 19.4 Å². The summed E-state index contributed by atoms with van der Waals surface area (Å²) in [4.78, 5) is 14.2. The summed E-state index contributed by atoms with van der Waals surface area (Å²) < 4.78 is 27.6. The minimum atomic E-state index is -3.73.